The van der Waals surface area contributed by atoms with Crippen LogP contribution in [0.25, 0.3) is 0 Å². The van der Waals surface area contributed by atoms with E-state index >= 15 is 0 Å². The maximum atomic E-state index is 12.7. The molecule has 1 aromatic carbocycles. The number of imide groups is 1. The van der Waals surface area contributed by atoms with Gasteiger partial charge in [-0.1, -0.05) is 31.5 Å². The van der Waals surface area contributed by atoms with Crippen LogP contribution >= 0.6 is 0 Å². The van der Waals surface area contributed by atoms with Crippen LogP contribution in [0.5, 0.6) is 0 Å². The maximum absolute atomic E-state index is 12.7. The number of carbonyl (C=O) groups is 2. The van der Waals surface area contributed by atoms with Gasteiger partial charge in [-0.25, -0.2) is 4.90 Å². The summed E-state index contributed by atoms with van der Waals surface area (Å²) in [5, 5.41) is 2.18. The summed E-state index contributed by atoms with van der Waals surface area (Å²) in [5.41, 5.74) is 1.83. The highest BCUT2D eigenvalue weighted by molar-refractivity contribution is 6.21. The molecule has 0 bridgehead atoms. The van der Waals surface area contributed by atoms with Crippen LogP contribution in [0.3, 0.4) is 0 Å². The van der Waals surface area contributed by atoms with Gasteiger partial charge in [0.25, 0.3) is 5.91 Å². The summed E-state index contributed by atoms with van der Waals surface area (Å²) in [6, 6.07) is 7.81. The minimum atomic E-state index is -0.249. The molecule has 3 rings (SSSR count). The van der Waals surface area contributed by atoms with Crippen molar-refractivity contribution in [3.8, 4) is 0 Å². The lowest BCUT2D eigenvalue weighted by Crippen LogP contribution is -2.97. The third-order valence-corrected chi connectivity index (χ3v) is 5.72. The van der Waals surface area contributed by atoms with E-state index in [1.807, 2.05) is 31.2 Å². The van der Waals surface area contributed by atoms with E-state index in [4.69, 9.17) is 0 Å². The van der Waals surface area contributed by atoms with Crippen molar-refractivity contribution in [1.82, 2.24) is 0 Å². The molecule has 0 aromatic heterocycles. The van der Waals surface area contributed by atoms with Gasteiger partial charge < -0.3 is 5.32 Å². The molecular weight excluding hydrogens is 288 g/mol. The van der Waals surface area contributed by atoms with Crippen molar-refractivity contribution in [3.05, 3.63) is 29.8 Å². The van der Waals surface area contributed by atoms with Crippen LogP contribution in [0.4, 0.5) is 5.69 Å². The molecule has 2 aliphatic rings. The van der Waals surface area contributed by atoms with Crippen LogP contribution in [-0.2, 0) is 9.59 Å². The molecular formula is C19H27N2O2+. The van der Waals surface area contributed by atoms with E-state index in [0.29, 0.717) is 30.0 Å². The number of hydrogen-bond acceptors (Lipinski definition) is 2. The molecule has 2 amide bonds. The van der Waals surface area contributed by atoms with E-state index in [-0.39, 0.29) is 17.9 Å². The van der Waals surface area contributed by atoms with Crippen LogP contribution < -0.4 is 10.2 Å². The standard InChI is InChI=1S/C19H26N2O2/c1-12-7-9-15(10-8-12)21-18(22)11-17(19(21)23)20-16-6-4-5-13(2)14(16)3/h7-10,13-14,16-17,20H,4-6,11H2,1-3H3/p+1/t13-,14+,16+,17+/m0/s1. The van der Waals surface area contributed by atoms with Gasteiger partial charge in [-0.3, -0.25) is 9.59 Å². The number of benzene rings is 1. The molecule has 23 heavy (non-hydrogen) atoms. The van der Waals surface area contributed by atoms with Crippen LogP contribution in [-0.4, -0.2) is 23.9 Å². The van der Waals surface area contributed by atoms with E-state index in [1.54, 1.807) is 0 Å². The number of carbonyl (C=O) groups excluding carboxylic acids is 2. The number of rotatable bonds is 3. The average Bonchev–Trinajstić information content (AvgIpc) is 2.79. The van der Waals surface area contributed by atoms with Crippen LogP contribution in [0, 0.1) is 18.8 Å². The first-order chi connectivity index (χ1) is 11.0. The Morgan fingerprint density at radius 3 is 2.48 bits per heavy atom. The largest absolute Gasteiger partial charge is 0.333 e. The van der Waals surface area contributed by atoms with Crippen molar-refractivity contribution >= 4 is 17.5 Å². The van der Waals surface area contributed by atoms with Gasteiger partial charge in [0.1, 0.15) is 0 Å². The zero-order valence-electron chi connectivity index (χ0n) is 14.3. The van der Waals surface area contributed by atoms with Crippen LogP contribution in [0.15, 0.2) is 24.3 Å². The normalized spacial score (nSPS) is 31.7. The average molecular weight is 315 g/mol. The molecule has 0 spiro atoms. The first-order valence-electron chi connectivity index (χ1n) is 8.76. The molecule has 1 saturated carbocycles. The smallest absolute Gasteiger partial charge is 0.292 e. The molecule has 1 heterocycles. The quantitative estimate of drug-likeness (QED) is 0.868. The molecule has 1 aliphatic carbocycles. The molecule has 124 valence electrons. The summed E-state index contributed by atoms with van der Waals surface area (Å²) in [7, 11) is 0. The number of quaternary nitrogens is 1. The fourth-order valence-electron chi connectivity index (χ4n) is 3.96. The Labute approximate surface area is 138 Å². The van der Waals surface area contributed by atoms with E-state index in [0.717, 1.165) is 12.0 Å². The van der Waals surface area contributed by atoms with E-state index in [9.17, 15) is 9.59 Å². The van der Waals surface area contributed by atoms with Crippen molar-refractivity contribution in [3.63, 3.8) is 0 Å². The predicted molar refractivity (Wildman–Crippen MR) is 90.0 cm³/mol. The molecule has 2 fully saturated rings. The van der Waals surface area contributed by atoms with Crippen molar-refractivity contribution in [2.75, 3.05) is 4.90 Å². The second kappa shape index (κ2) is 6.44. The van der Waals surface area contributed by atoms with Gasteiger partial charge in [-0.15, -0.1) is 0 Å². The summed E-state index contributed by atoms with van der Waals surface area (Å²) in [4.78, 5) is 26.5. The lowest BCUT2D eigenvalue weighted by atomic mass is 9.78. The Bertz CT molecular complexity index is 596. The predicted octanol–water partition coefficient (Wildman–Crippen LogP) is 2.02. The van der Waals surface area contributed by atoms with Crippen LogP contribution in [0.1, 0.15) is 45.1 Å². The fourth-order valence-corrected chi connectivity index (χ4v) is 3.96. The lowest BCUT2D eigenvalue weighted by Gasteiger charge is -2.33. The maximum Gasteiger partial charge on any atom is 0.292 e. The summed E-state index contributed by atoms with van der Waals surface area (Å²) in [6.07, 6.45) is 3.97. The van der Waals surface area contributed by atoms with Crippen molar-refractivity contribution in [2.45, 2.75) is 58.5 Å². The van der Waals surface area contributed by atoms with E-state index in [2.05, 4.69) is 19.2 Å². The highest BCUT2D eigenvalue weighted by Crippen LogP contribution is 2.28. The number of nitrogens with two attached hydrogens (primary N) is 1. The number of amides is 2. The molecule has 4 atom stereocenters. The Morgan fingerprint density at radius 1 is 1.09 bits per heavy atom. The number of nitrogens with zero attached hydrogens (tertiary/aromatic N) is 1. The van der Waals surface area contributed by atoms with Gasteiger partial charge in [-0.2, -0.15) is 0 Å². The highest BCUT2D eigenvalue weighted by Gasteiger charge is 2.44. The highest BCUT2D eigenvalue weighted by atomic mass is 16.2. The van der Waals surface area contributed by atoms with Crippen molar-refractivity contribution in [1.29, 1.82) is 0 Å². The van der Waals surface area contributed by atoms with Gasteiger partial charge in [0, 0.05) is 5.92 Å². The van der Waals surface area contributed by atoms with Gasteiger partial charge in [0.05, 0.1) is 18.2 Å². The molecule has 1 saturated heterocycles. The Kier molecular flexibility index (Phi) is 4.53. The lowest BCUT2D eigenvalue weighted by molar-refractivity contribution is -0.716. The molecule has 4 heteroatoms. The Balaban J connectivity index is 1.72. The molecule has 1 aliphatic heterocycles. The third-order valence-electron chi connectivity index (χ3n) is 5.72. The van der Waals surface area contributed by atoms with Crippen LogP contribution in [0.2, 0.25) is 0 Å². The summed E-state index contributed by atoms with van der Waals surface area (Å²) < 4.78 is 0. The third kappa shape index (κ3) is 3.18. The number of anilines is 1. The van der Waals surface area contributed by atoms with Gasteiger partial charge in [-0.05, 0) is 44.2 Å². The summed E-state index contributed by atoms with van der Waals surface area (Å²) in [5.74, 6) is 1.17. The monoisotopic (exact) mass is 315 g/mol. The molecule has 2 N–H and O–H groups in total. The summed E-state index contributed by atoms with van der Waals surface area (Å²) in [6.45, 7) is 6.58. The second-order valence-electron chi connectivity index (χ2n) is 7.34. The minimum absolute atomic E-state index is 0.0516. The van der Waals surface area contributed by atoms with Crippen molar-refractivity contribution < 1.29 is 14.9 Å². The van der Waals surface area contributed by atoms with Gasteiger partial charge >= 0.3 is 0 Å². The second-order valence-corrected chi connectivity index (χ2v) is 7.34. The molecule has 4 nitrogen and oxygen atoms in total. The van der Waals surface area contributed by atoms with Gasteiger partial charge in [0.15, 0.2) is 6.04 Å². The zero-order valence-corrected chi connectivity index (χ0v) is 14.3. The molecule has 1 aromatic rings. The zero-order chi connectivity index (χ0) is 16.6. The first kappa shape index (κ1) is 16.2. The Hall–Kier alpha value is -1.68. The SMILES string of the molecule is Cc1ccc(N2C(=O)C[C@@H]([NH2+][C@@H]3CCC[C@H](C)[C@H]3C)C2=O)cc1. The first-order valence-corrected chi connectivity index (χ1v) is 8.76. The topological polar surface area (TPSA) is 54.0 Å². The summed E-state index contributed by atoms with van der Waals surface area (Å²) >= 11 is 0. The van der Waals surface area contributed by atoms with E-state index in [1.165, 1.54) is 17.7 Å². The van der Waals surface area contributed by atoms with E-state index < -0.39 is 0 Å². The molecule has 0 radical (unpaired) electrons. The minimum Gasteiger partial charge on any atom is -0.333 e. The van der Waals surface area contributed by atoms with Gasteiger partial charge in [0.2, 0.25) is 5.91 Å². The van der Waals surface area contributed by atoms with Crippen molar-refractivity contribution in [2.24, 2.45) is 11.8 Å². The number of aryl methyl sites for hydroxylation is 1. The fraction of sp³-hybridized carbons (Fsp3) is 0.579. The molecule has 0 unspecified atom stereocenters. The Morgan fingerprint density at radius 2 is 1.78 bits per heavy atom. The number of hydrogen-bond donors (Lipinski definition) is 1.